The van der Waals surface area contributed by atoms with Crippen molar-refractivity contribution in [1.82, 2.24) is 0 Å². The lowest BCUT2D eigenvalue weighted by molar-refractivity contribution is 0.354. The van der Waals surface area contributed by atoms with Crippen molar-refractivity contribution >= 4 is 5.71 Å². The van der Waals surface area contributed by atoms with Gasteiger partial charge in [-0.05, 0) is 20.3 Å². The first-order valence-corrected chi connectivity index (χ1v) is 4.31. The van der Waals surface area contributed by atoms with Crippen LogP contribution >= 0.6 is 0 Å². The molecule has 0 amide bonds. The minimum Gasteiger partial charge on any atom is -0.282 e. The highest BCUT2D eigenvalue weighted by Gasteiger charge is 2.41. The summed E-state index contributed by atoms with van der Waals surface area (Å²) < 4.78 is 0. The predicted octanol–water partition coefficient (Wildman–Crippen LogP) is 1.94. The summed E-state index contributed by atoms with van der Waals surface area (Å²) in [5.41, 5.74) is 0.958. The number of nitrogens with zero attached hydrogens (tertiary/aromatic N) is 2. The Hall–Kier alpha value is -1.10. The quantitative estimate of drug-likeness (QED) is 0.499. The average Bonchev–Trinajstić information content (AvgIpc) is 2.03. The summed E-state index contributed by atoms with van der Waals surface area (Å²) >= 11 is 0. The Morgan fingerprint density at radius 3 is 3.00 bits per heavy atom. The molecule has 3 aliphatic rings. The lowest BCUT2D eigenvalue weighted by atomic mass is 9.71. The molecule has 2 heterocycles. The molecule has 0 N–H and O–H groups in total. The number of dihydropyridines is 1. The van der Waals surface area contributed by atoms with Crippen molar-refractivity contribution in [1.29, 1.82) is 5.26 Å². The van der Waals surface area contributed by atoms with Gasteiger partial charge in [0.05, 0.1) is 17.5 Å². The van der Waals surface area contributed by atoms with Crippen LogP contribution in [0.4, 0.5) is 0 Å². The Kier molecular flexibility index (Phi) is 1.38. The number of allylic oxidation sites excluding steroid dienone is 1. The monoisotopic (exact) mass is 160 g/mol. The first kappa shape index (κ1) is 7.54. The van der Waals surface area contributed by atoms with E-state index in [-0.39, 0.29) is 11.5 Å². The van der Waals surface area contributed by atoms with E-state index >= 15 is 0 Å². The van der Waals surface area contributed by atoms with Gasteiger partial charge in [0.1, 0.15) is 0 Å². The third-order valence-corrected chi connectivity index (χ3v) is 2.97. The second kappa shape index (κ2) is 2.20. The molecule has 2 nitrogen and oxygen atoms in total. The topological polar surface area (TPSA) is 36.1 Å². The van der Waals surface area contributed by atoms with E-state index in [1.165, 1.54) is 5.71 Å². The van der Waals surface area contributed by atoms with Gasteiger partial charge in [-0.25, -0.2) is 0 Å². The van der Waals surface area contributed by atoms with Crippen molar-refractivity contribution in [2.45, 2.75) is 25.8 Å². The zero-order valence-electron chi connectivity index (χ0n) is 7.41. The van der Waals surface area contributed by atoms with Crippen molar-refractivity contribution in [3.05, 3.63) is 12.2 Å². The van der Waals surface area contributed by atoms with E-state index in [1.807, 2.05) is 6.92 Å². The standard InChI is InChI=1S/C10H12N2/c1-7-8-3-4-10(2,12-7)9(5-8)6-11/h3-4,8-9H,5H2,1-2H3/t8-,9+,10+/m1/s1. The van der Waals surface area contributed by atoms with E-state index in [2.05, 4.69) is 30.1 Å². The number of rotatable bonds is 0. The van der Waals surface area contributed by atoms with E-state index in [1.54, 1.807) is 0 Å². The summed E-state index contributed by atoms with van der Waals surface area (Å²) in [6.45, 7) is 4.09. The van der Waals surface area contributed by atoms with E-state index < -0.39 is 0 Å². The molecule has 0 saturated carbocycles. The number of fused-ring (bicyclic) bond motifs is 1. The van der Waals surface area contributed by atoms with Gasteiger partial charge < -0.3 is 0 Å². The molecular formula is C10H12N2. The summed E-state index contributed by atoms with van der Waals surface area (Å²) in [6.07, 6.45) is 5.23. The maximum atomic E-state index is 8.91. The van der Waals surface area contributed by atoms with Crippen molar-refractivity contribution in [2.75, 3.05) is 0 Å². The smallest absolute Gasteiger partial charge is 0.0917 e. The van der Waals surface area contributed by atoms with Crippen LogP contribution in [0.5, 0.6) is 0 Å². The van der Waals surface area contributed by atoms with E-state index in [0.717, 1.165) is 6.42 Å². The Balaban J connectivity index is 2.45. The summed E-state index contributed by atoms with van der Waals surface area (Å²) in [5, 5.41) is 8.91. The van der Waals surface area contributed by atoms with E-state index in [0.29, 0.717) is 5.92 Å². The molecule has 0 unspecified atom stereocenters. The fourth-order valence-electron chi connectivity index (χ4n) is 2.07. The highest BCUT2D eigenvalue weighted by atomic mass is 14.9. The average molecular weight is 160 g/mol. The lowest BCUT2D eigenvalue weighted by Gasteiger charge is -2.39. The molecule has 1 aliphatic carbocycles. The summed E-state index contributed by atoms with van der Waals surface area (Å²) in [7, 11) is 0. The zero-order valence-corrected chi connectivity index (χ0v) is 7.41. The zero-order chi connectivity index (χ0) is 8.77. The largest absolute Gasteiger partial charge is 0.282 e. The fourth-order valence-corrected chi connectivity index (χ4v) is 2.07. The second-order valence-electron chi connectivity index (χ2n) is 3.86. The van der Waals surface area contributed by atoms with Crippen molar-refractivity contribution in [2.24, 2.45) is 16.8 Å². The van der Waals surface area contributed by atoms with Crippen molar-refractivity contribution in [3.63, 3.8) is 0 Å². The summed E-state index contributed by atoms with van der Waals surface area (Å²) in [5.74, 6) is 0.507. The molecule has 2 heteroatoms. The van der Waals surface area contributed by atoms with Gasteiger partial charge in [0.25, 0.3) is 0 Å². The van der Waals surface area contributed by atoms with Crippen LogP contribution in [0.2, 0.25) is 0 Å². The SMILES string of the molecule is CC1=N[C@@]2(C)C=C[C@@H]1C[C@H]2C#N. The molecule has 0 aromatic rings. The van der Waals surface area contributed by atoms with Crippen LogP contribution in [0, 0.1) is 23.2 Å². The molecule has 3 rings (SSSR count). The van der Waals surface area contributed by atoms with E-state index in [9.17, 15) is 0 Å². The number of aliphatic imine (C=N–C) groups is 1. The molecule has 2 bridgehead atoms. The molecule has 0 radical (unpaired) electrons. The maximum Gasteiger partial charge on any atom is 0.0917 e. The van der Waals surface area contributed by atoms with Crippen LogP contribution < -0.4 is 0 Å². The minimum atomic E-state index is -0.229. The van der Waals surface area contributed by atoms with Crippen molar-refractivity contribution < 1.29 is 0 Å². The van der Waals surface area contributed by atoms with Crippen LogP contribution in [0.15, 0.2) is 17.1 Å². The molecule has 12 heavy (non-hydrogen) atoms. The Bertz CT molecular complexity index is 308. The van der Waals surface area contributed by atoms with Gasteiger partial charge in [-0.15, -0.1) is 0 Å². The van der Waals surface area contributed by atoms with Gasteiger partial charge in [0.2, 0.25) is 0 Å². The number of nitriles is 1. The van der Waals surface area contributed by atoms with Crippen LogP contribution in [0.1, 0.15) is 20.3 Å². The van der Waals surface area contributed by atoms with E-state index in [4.69, 9.17) is 5.26 Å². The molecule has 0 fully saturated rings. The highest BCUT2D eigenvalue weighted by Crippen LogP contribution is 2.39. The van der Waals surface area contributed by atoms with Gasteiger partial charge in [0.15, 0.2) is 0 Å². The van der Waals surface area contributed by atoms with Crippen molar-refractivity contribution in [3.8, 4) is 6.07 Å². The fraction of sp³-hybridized carbons (Fsp3) is 0.600. The highest BCUT2D eigenvalue weighted by molar-refractivity contribution is 5.88. The normalized spacial score (nSPS) is 43.9. The van der Waals surface area contributed by atoms with Gasteiger partial charge in [-0.3, -0.25) is 4.99 Å². The Labute approximate surface area is 72.6 Å². The molecular weight excluding hydrogens is 148 g/mol. The molecule has 62 valence electrons. The first-order valence-electron chi connectivity index (χ1n) is 4.31. The summed E-state index contributed by atoms with van der Waals surface area (Å²) in [6, 6.07) is 2.34. The molecule has 0 saturated heterocycles. The third kappa shape index (κ3) is 0.828. The summed E-state index contributed by atoms with van der Waals surface area (Å²) in [4.78, 5) is 4.54. The Morgan fingerprint density at radius 1 is 1.75 bits per heavy atom. The van der Waals surface area contributed by atoms with Gasteiger partial charge in [-0.2, -0.15) is 5.26 Å². The number of hydrogen-bond donors (Lipinski definition) is 0. The van der Waals surface area contributed by atoms with Gasteiger partial charge >= 0.3 is 0 Å². The van der Waals surface area contributed by atoms with Crippen LogP contribution in [0.25, 0.3) is 0 Å². The maximum absolute atomic E-state index is 8.91. The molecule has 2 aliphatic heterocycles. The van der Waals surface area contributed by atoms with Gasteiger partial charge in [-0.1, -0.05) is 12.2 Å². The molecule has 0 aromatic carbocycles. The Morgan fingerprint density at radius 2 is 2.50 bits per heavy atom. The minimum absolute atomic E-state index is 0.0798. The first-order chi connectivity index (χ1) is 5.65. The third-order valence-electron chi connectivity index (χ3n) is 2.97. The van der Waals surface area contributed by atoms with Gasteiger partial charge in [0, 0.05) is 11.6 Å². The molecule has 3 atom stereocenters. The second-order valence-corrected chi connectivity index (χ2v) is 3.86. The lowest BCUT2D eigenvalue weighted by Crippen LogP contribution is -2.41. The van der Waals surface area contributed by atoms with Crippen LogP contribution in [-0.2, 0) is 0 Å². The number of hydrogen-bond acceptors (Lipinski definition) is 2. The molecule has 0 aromatic heterocycles. The van der Waals surface area contributed by atoms with Crippen LogP contribution in [-0.4, -0.2) is 11.3 Å². The predicted molar refractivity (Wildman–Crippen MR) is 47.9 cm³/mol. The van der Waals surface area contributed by atoms with Crippen LogP contribution in [0.3, 0.4) is 0 Å². The molecule has 0 spiro atoms.